The molecule has 0 heterocycles. The summed E-state index contributed by atoms with van der Waals surface area (Å²) >= 11 is 3.24. The number of rotatable bonds is 6. The molecular weight excluding hydrogens is 334 g/mol. The van der Waals surface area contributed by atoms with Crippen molar-refractivity contribution in [1.82, 2.24) is 4.31 Å². The molecule has 0 aliphatic heterocycles. The van der Waals surface area contributed by atoms with Crippen LogP contribution in [0.2, 0.25) is 0 Å². The van der Waals surface area contributed by atoms with Gasteiger partial charge in [-0.2, -0.15) is 4.31 Å². The molecule has 1 aromatic carbocycles. The van der Waals surface area contributed by atoms with Crippen LogP contribution in [0.4, 0.5) is 0 Å². The largest absolute Gasteiger partial charge is 0.481 e. The number of carbonyl (C=O) groups is 1. The van der Waals surface area contributed by atoms with Gasteiger partial charge in [0.15, 0.2) is 0 Å². The first-order valence-corrected chi connectivity index (χ1v) is 8.00. The molecule has 0 fully saturated rings. The lowest BCUT2D eigenvalue weighted by atomic mass is 10.2. The summed E-state index contributed by atoms with van der Waals surface area (Å²) < 4.78 is 26.5. The van der Waals surface area contributed by atoms with Gasteiger partial charge in [-0.15, -0.1) is 0 Å². The molecule has 0 amide bonds. The van der Waals surface area contributed by atoms with Crippen LogP contribution in [0.3, 0.4) is 0 Å². The molecule has 0 saturated heterocycles. The minimum absolute atomic E-state index is 0.0333. The molecule has 0 saturated carbocycles. The lowest BCUT2D eigenvalue weighted by Crippen LogP contribution is -2.33. The highest BCUT2D eigenvalue weighted by atomic mass is 79.9. The summed E-state index contributed by atoms with van der Waals surface area (Å²) in [7, 11) is -3.67. The standard InChI is InChI=1S/C12H16BrNO4S/c1-3-14(7-6-12(15)16)19(17,18)11-5-4-9(2)8-10(11)13/h4-5,8H,3,6-7H2,1-2H3,(H,15,16). The second-order valence-corrected chi connectivity index (χ2v) is 6.84. The molecule has 1 rings (SSSR count). The normalized spacial score (nSPS) is 11.8. The Balaban J connectivity index is 3.09. The quantitative estimate of drug-likeness (QED) is 0.854. The van der Waals surface area contributed by atoms with Crippen molar-refractivity contribution in [3.8, 4) is 0 Å². The maximum absolute atomic E-state index is 12.4. The van der Waals surface area contributed by atoms with Crippen LogP contribution in [0, 0.1) is 6.92 Å². The average Bonchev–Trinajstić information content (AvgIpc) is 2.28. The number of nitrogens with zero attached hydrogens (tertiary/aromatic N) is 1. The molecule has 0 aliphatic carbocycles. The average molecular weight is 350 g/mol. The van der Waals surface area contributed by atoms with E-state index < -0.39 is 16.0 Å². The van der Waals surface area contributed by atoms with E-state index in [2.05, 4.69) is 15.9 Å². The minimum atomic E-state index is -3.67. The Morgan fingerprint density at radius 2 is 2.05 bits per heavy atom. The molecule has 0 radical (unpaired) electrons. The predicted molar refractivity (Wildman–Crippen MR) is 75.6 cm³/mol. The Hall–Kier alpha value is -0.920. The van der Waals surface area contributed by atoms with Crippen molar-refractivity contribution < 1.29 is 18.3 Å². The molecule has 0 bridgehead atoms. The van der Waals surface area contributed by atoms with Crippen LogP contribution in [-0.2, 0) is 14.8 Å². The van der Waals surface area contributed by atoms with Gasteiger partial charge in [0.1, 0.15) is 0 Å². The smallest absolute Gasteiger partial charge is 0.304 e. The fraction of sp³-hybridized carbons (Fsp3) is 0.417. The van der Waals surface area contributed by atoms with Crippen LogP contribution in [0.1, 0.15) is 18.9 Å². The number of aryl methyl sites for hydroxylation is 1. The fourth-order valence-electron chi connectivity index (χ4n) is 1.62. The number of benzene rings is 1. The summed E-state index contributed by atoms with van der Waals surface area (Å²) in [5.41, 5.74) is 0.944. The summed E-state index contributed by atoms with van der Waals surface area (Å²) in [6, 6.07) is 4.96. The summed E-state index contributed by atoms with van der Waals surface area (Å²) in [5, 5.41) is 8.65. The van der Waals surface area contributed by atoms with E-state index in [0.29, 0.717) is 4.47 Å². The third-order valence-electron chi connectivity index (χ3n) is 2.63. The highest BCUT2D eigenvalue weighted by molar-refractivity contribution is 9.10. The Labute approximate surface area is 121 Å². The molecule has 19 heavy (non-hydrogen) atoms. The van der Waals surface area contributed by atoms with Crippen LogP contribution >= 0.6 is 15.9 Å². The monoisotopic (exact) mass is 349 g/mol. The van der Waals surface area contributed by atoms with Gasteiger partial charge in [-0.1, -0.05) is 13.0 Å². The molecule has 0 unspecified atom stereocenters. The van der Waals surface area contributed by atoms with E-state index in [9.17, 15) is 13.2 Å². The number of hydrogen-bond acceptors (Lipinski definition) is 3. The Kier molecular flexibility index (Phi) is 5.51. The number of aliphatic carboxylic acids is 1. The van der Waals surface area contributed by atoms with E-state index in [1.807, 2.05) is 6.92 Å². The highest BCUT2D eigenvalue weighted by Gasteiger charge is 2.25. The van der Waals surface area contributed by atoms with Crippen molar-refractivity contribution in [3.63, 3.8) is 0 Å². The van der Waals surface area contributed by atoms with Crippen LogP contribution in [0.15, 0.2) is 27.6 Å². The summed E-state index contributed by atoms with van der Waals surface area (Å²) in [4.78, 5) is 10.7. The number of sulfonamides is 1. The van der Waals surface area contributed by atoms with Crippen LogP contribution in [0.25, 0.3) is 0 Å². The molecule has 0 atom stereocenters. The van der Waals surface area contributed by atoms with Gasteiger partial charge >= 0.3 is 5.97 Å². The maximum atomic E-state index is 12.4. The van der Waals surface area contributed by atoms with E-state index in [0.717, 1.165) is 9.87 Å². The SMILES string of the molecule is CCN(CCC(=O)O)S(=O)(=O)c1ccc(C)cc1Br. The van der Waals surface area contributed by atoms with Gasteiger partial charge in [0.2, 0.25) is 10.0 Å². The van der Waals surface area contributed by atoms with E-state index in [-0.39, 0.29) is 24.4 Å². The number of carboxylic acids is 1. The van der Waals surface area contributed by atoms with Crippen molar-refractivity contribution in [2.24, 2.45) is 0 Å². The Morgan fingerprint density at radius 1 is 1.42 bits per heavy atom. The van der Waals surface area contributed by atoms with Crippen molar-refractivity contribution in [3.05, 3.63) is 28.2 Å². The van der Waals surface area contributed by atoms with E-state index >= 15 is 0 Å². The van der Waals surface area contributed by atoms with E-state index in [1.54, 1.807) is 19.1 Å². The topological polar surface area (TPSA) is 74.7 Å². The Morgan fingerprint density at radius 3 is 2.53 bits per heavy atom. The molecule has 1 aromatic rings. The first kappa shape index (κ1) is 16.1. The molecule has 7 heteroatoms. The molecule has 5 nitrogen and oxygen atoms in total. The summed E-state index contributed by atoms with van der Waals surface area (Å²) in [6.07, 6.45) is -0.212. The lowest BCUT2D eigenvalue weighted by molar-refractivity contribution is -0.137. The van der Waals surface area contributed by atoms with Crippen molar-refractivity contribution >= 4 is 31.9 Å². The van der Waals surface area contributed by atoms with Crippen LogP contribution in [0.5, 0.6) is 0 Å². The molecular formula is C12H16BrNO4S. The van der Waals surface area contributed by atoms with Crippen molar-refractivity contribution in [2.75, 3.05) is 13.1 Å². The van der Waals surface area contributed by atoms with E-state index in [4.69, 9.17) is 5.11 Å². The zero-order valence-corrected chi connectivity index (χ0v) is 13.2. The van der Waals surface area contributed by atoms with Gasteiger partial charge in [0, 0.05) is 17.6 Å². The third-order valence-corrected chi connectivity index (χ3v) is 5.58. The second kappa shape index (κ2) is 6.49. The first-order chi connectivity index (χ1) is 8.78. The third kappa shape index (κ3) is 4.02. The maximum Gasteiger partial charge on any atom is 0.304 e. The molecule has 0 aromatic heterocycles. The molecule has 106 valence electrons. The number of carboxylic acid groups (broad SMARTS) is 1. The van der Waals surface area contributed by atoms with Crippen molar-refractivity contribution in [2.45, 2.75) is 25.2 Å². The molecule has 1 N–H and O–H groups in total. The van der Waals surface area contributed by atoms with Crippen molar-refractivity contribution in [1.29, 1.82) is 0 Å². The predicted octanol–water partition coefficient (Wildman–Crippen LogP) is 2.24. The second-order valence-electron chi connectivity index (χ2n) is 4.07. The van der Waals surface area contributed by atoms with Crippen LogP contribution in [-0.4, -0.2) is 36.9 Å². The molecule has 0 spiro atoms. The van der Waals surface area contributed by atoms with Gasteiger partial charge in [0.05, 0.1) is 11.3 Å². The highest BCUT2D eigenvalue weighted by Crippen LogP contribution is 2.26. The first-order valence-electron chi connectivity index (χ1n) is 5.77. The number of hydrogen-bond donors (Lipinski definition) is 1. The minimum Gasteiger partial charge on any atom is -0.481 e. The number of halogens is 1. The molecule has 0 aliphatic rings. The van der Waals surface area contributed by atoms with Gasteiger partial charge in [-0.3, -0.25) is 4.79 Å². The zero-order chi connectivity index (χ0) is 14.6. The van der Waals surface area contributed by atoms with Gasteiger partial charge in [0.25, 0.3) is 0 Å². The lowest BCUT2D eigenvalue weighted by Gasteiger charge is -2.20. The van der Waals surface area contributed by atoms with Crippen LogP contribution < -0.4 is 0 Å². The van der Waals surface area contributed by atoms with E-state index in [1.165, 1.54) is 6.07 Å². The van der Waals surface area contributed by atoms with Gasteiger partial charge < -0.3 is 5.11 Å². The summed E-state index contributed by atoms with van der Waals surface area (Å²) in [5.74, 6) is -1.02. The van der Waals surface area contributed by atoms with Gasteiger partial charge in [-0.25, -0.2) is 8.42 Å². The summed E-state index contributed by atoms with van der Waals surface area (Å²) in [6.45, 7) is 3.75. The van der Waals surface area contributed by atoms with Gasteiger partial charge in [-0.05, 0) is 40.5 Å². The zero-order valence-electron chi connectivity index (χ0n) is 10.8. The Bertz CT molecular complexity index is 571. The fourth-order valence-corrected chi connectivity index (χ4v) is 4.22.